The van der Waals surface area contributed by atoms with Crippen molar-refractivity contribution in [1.82, 2.24) is 44.9 Å². The van der Waals surface area contributed by atoms with Crippen LogP contribution in [0.3, 0.4) is 0 Å². The number of rotatable bonds is 25. The Morgan fingerprint density at radius 2 is 1.27 bits per heavy atom. The summed E-state index contributed by atoms with van der Waals surface area (Å²) >= 11 is 0. The summed E-state index contributed by atoms with van der Waals surface area (Å²) in [6.45, 7) is 7.05. The van der Waals surface area contributed by atoms with Gasteiger partial charge in [-0.3, -0.25) is 10.3 Å². The molecule has 0 bridgehead atoms. The van der Waals surface area contributed by atoms with Crippen molar-refractivity contribution in [2.45, 2.75) is 94.6 Å². The van der Waals surface area contributed by atoms with Gasteiger partial charge in [-0.1, -0.05) is 86.6 Å². The van der Waals surface area contributed by atoms with Crippen LogP contribution in [0.1, 0.15) is 63.3 Å². The standard InChI is InChI=1S/C57H66N10O13S2/c1-56(2,3)80-55(72)61-46-29-31-58-32-45(46)44-26-27-48(81(73,74)64-51(47(60-54(70)71)33-59-53(68)69)57(4,5)30-28-37-12-10-9-11-13-37)50(49(44)52-62-65-67(63-52)36-40-18-24-43(79-8)25-19-40)82(75,76)66(34-38-14-20-41(77-6)21-15-38)35-39-16-22-42(78-7)23-17-39/h9-27,29,31-32,47,51,59-60,64H,28,30,33-36H2,1-8H3,(H,68,69)(H,70,71)(H,58,61,72). The number of carbonyl (C=O) groups excluding carboxylic acids is 1. The SMILES string of the molecule is COc1ccc(CN(Cc2ccc(OC)cc2)S(=O)(=O)c2c(S(=O)(=O)NC(C(CNC(=O)O)NC(=O)O)C(C)(C)CCc3ccccc3)ccc(-c3cnccc3NC(=O)OC(C)(C)C)c2-c2nnn(Cc3ccc(OC)cc3)n2)cc1. The van der Waals surface area contributed by atoms with E-state index in [4.69, 9.17) is 24.0 Å². The Hall–Kier alpha value is -8.65. The number of tetrazole rings is 1. The second kappa shape index (κ2) is 26.3. The van der Waals surface area contributed by atoms with Crippen molar-refractivity contribution in [3.63, 3.8) is 0 Å². The molecule has 0 aliphatic carbocycles. The molecule has 0 saturated heterocycles. The molecule has 2 unspecified atom stereocenters. The van der Waals surface area contributed by atoms with Crippen molar-refractivity contribution < 1.29 is 60.4 Å². The number of benzene rings is 5. The van der Waals surface area contributed by atoms with Gasteiger partial charge in [-0.05, 0) is 121 Å². The van der Waals surface area contributed by atoms with E-state index in [9.17, 15) is 24.6 Å². The van der Waals surface area contributed by atoms with Gasteiger partial charge in [0, 0.05) is 43.6 Å². The van der Waals surface area contributed by atoms with Gasteiger partial charge in [0.1, 0.15) is 32.6 Å². The average Bonchev–Trinajstić information content (AvgIpc) is 1.76. The predicted molar refractivity (Wildman–Crippen MR) is 304 cm³/mol. The maximum Gasteiger partial charge on any atom is 0.412 e. The van der Waals surface area contributed by atoms with Crippen LogP contribution >= 0.6 is 0 Å². The smallest absolute Gasteiger partial charge is 0.412 e. The number of ether oxygens (including phenoxy) is 4. The first-order valence-corrected chi connectivity index (χ1v) is 28.6. The van der Waals surface area contributed by atoms with E-state index in [1.807, 2.05) is 30.3 Å². The molecule has 434 valence electrons. The van der Waals surface area contributed by atoms with Crippen LogP contribution in [0.4, 0.5) is 20.1 Å². The zero-order chi connectivity index (χ0) is 59.4. The molecule has 25 heteroatoms. The molecule has 0 fully saturated rings. The molecule has 2 heterocycles. The number of amides is 3. The van der Waals surface area contributed by atoms with Gasteiger partial charge in [-0.2, -0.15) is 9.10 Å². The molecule has 23 nitrogen and oxygen atoms in total. The number of pyridine rings is 1. The Morgan fingerprint density at radius 3 is 1.80 bits per heavy atom. The van der Waals surface area contributed by atoms with E-state index >= 15 is 16.8 Å². The molecule has 7 aromatic rings. The highest BCUT2D eigenvalue weighted by molar-refractivity contribution is 7.92. The molecule has 3 amide bonds. The number of nitrogens with one attached hydrogen (secondary N) is 4. The minimum atomic E-state index is -5.28. The number of sulfonamides is 2. The third-order valence-electron chi connectivity index (χ3n) is 13.2. The van der Waals surface area contributed by atoms with Crippen molar-refractivity contribution in [3.05, 3.63) is 156 Å². The second-order valence-electron chi connectivity index (χ2n) is 20.6. The van der Waals surface area contributed by atoms with E-state index in [1.54, 1.807) is 107 Å². The van der Waals surface area contributed by atoms with Crippen molar-refractivity contribution >= 4 is 44.0 Å². The number of hydrogen-bond donors (Lipinski definition) is 6. The third-order valence-corrected chi connectivity index (χ3v) is 16.7. The summed E-state index contributed by atoms with van der Waals surface area (Å²) in [6.07, 6.45) is -0.709. The molecular weight excluding hydrogens is 1100 g/mol. The zero-order valence-electron chi connectivity index (χ0n) is 46.5. The molecule has 82 heavy (non-hydrogen) atoms. The van der Waals surface area contributed by atoms with Gasteiger partial charge in [0.15, 0.2) is 0 Å². The van der Waals surface area contributed by atoms with Gasteiger partial charge >= 0.3 is 18.3 Å². The quantitative estimate of drug-likeness (QED) is 0.0313. The van der Waals surface area contributed by atoms with Gasteiger partial charge in [-0.25, -0.2) is 35.9 Å². The summed E-state index contributed by atoms with van der Waals surface area (Å²) in [5.74, 6) is 1.16. The lowest BCUT2D eigenvalue weighted by Gasteiger charge is -2.40. The topological polar surface area (TPSA) is 305 Å². The highest BCUT2D eigenvalue weighted by Crippen LogP contribution is 2.44. The summed E-state index contributed by atoms with van der Waals surface area (Å²) in [4.78, 5) is 42.0. The lowest BCUT2D eigenvalue weighted by Crippen LogP contribution is -2.61. The van der Waals surface area contributed by atoms with Crippen LogP contribution in [0, 0.1) is 5.41 Å². The van der Waals surface area contributed by atoms with E-state index < -0.39 is 83.3 Å². The van der Waals surface area contributed by atoms with Crippen molar-refractivity contribution in [3.8, 4) is 39.8 Å². The Bertz CT molecular complexity index is 3510. The molecule has 0 radical (unpaired) electrons. The average molecular weight is 1160 g/mol. The first-order valence-electron chi connectivity index (χ1n) is 25.7. The molecule has 0 saturated carbocycles. The number of aryl methyl sites for hydroxylation is 1. The van der Waals surface area contributed by atoms with Crippen LogP contribution < -0.4 is 34.9 Å². The highest BCUT2D eigenvalue weighted by atomic mass is 32.2. The molecule has 6 N–H and O–H groups in total. The van der Waals surface area contributed by atoms with Crippen LogP contribution in [0.15, 0.2) is 144 Å². The number of hydrogen-bond acceptors (Lipinski definition) is 15. The van der Waals surface area contributed by atoms with E-state index in [1.165, 1.54) is 50.7 Å². The fraction of sp³-hybridized carbons (Fsp3) is 0.316. The van der Waals surface area contributed by atoms with E-state index in [-0.39, 0.29) is 48.7 Å². The molecule has 0 spiro atoms. The van der Waals surface area contributed by atoms with Crippen LogP contribution in [-0.4, -0.2) is 120 Å². The first kappa shape index (κ1) is 61.0. The molecule has 2 atom stereocenters. The van der Waals surface area contributed by atoms with Crippen LogP contribution in [0.2, 0.25) is 0 Å². The molecule has 2 aromatic heterocycles. The summed E-state index contributed by atoms with van der Waals surface area (Å²) in [7, 11) is -6.05. The Morgan fingerprint density at radius 1 is 0.695 bits per heavy atom. The van der Waals surface area contributed by atoms with E-state index in [0.29, 0.717) is 40.4 Å². The van der Waals surface area contributed by atoms with Crippen LogP contribution in [-0.2, 0) is 50.8 Å². The fourth-order valence-corrected chi connectivity index (χ4v) is 12.9. The number of nitrogens with zero attached hydrogens (tertiary/aromatic N) is 6. The number of aromatic nitrogens is 5. The Labute approximate surface area is 476 Å². The third kappa shape index (κ3) is 15.8. The summed E-state index contributed by atoms with van der Waals surface area (Å²) in [5, 5.41) is 40.7. The van der Waals surface area contributed by atoms with Crippen LogP contribution in [0.5, 0.6) is 17.2 Å². The maximum atomic E-state index is 16.6. The second-order valence-corrected chi connectivity index (χ2v) is 24.2. The predicted octanol–water partition coefficient (Wildman–Crippen LogP) is 8.42. The van der Waals surface area contributed by atoms with Crippen molar-refractivity contribution in [2.24, 2.45) is 5.41 Å². The van der Waals surface area contributed by atoms with Gasteiger partial charge in [0.2, 0.25) is 25.9 Å². The molecule has 5 aromatic carbocycles. The number of carboxylic acid groups (broad SMARTS) is 2. The normalized spacial score (nSPS) is 12.7. The minimum absolute atomic E-state index is 0.00451. The maximum absolute atomic E-state index is 16.6. The summed E-state index contributed by atoms with van der Waals surface area (Å²) < 4.78 is 90.8. The van der Waals surface area contributed by atoms with Gasteiger partial charge in [0.25, 0.3) is 0 Å². The molecule has 0 aliphatic rings. The minimum Gasteiger partial charge on any atom is -0.497 e. The van der Waals surface area contributed by atoms with Gasteiger partial charge < -0.3 is 39.8 Å². The molecule has 0 aliphatic heterocycles. The monoisotopic (exact) mass is 1160 g/mol. The summed E-state index contributed by atoms with van der Waals surface area (Å²) in [6, 6.07) is 30.3. The lowest BCUT2D eigenvalue weighted by molar-refractivity contribution is 0.0635. The summed E-state index contributed by atoms with van der Waals surface area (Å²) in [5.41, 5.74) is 0.0100. The van der Waals surface area contributed by atoms with Gasteiger partial charge in [0.05, 0.1) is 45.2 Å². The van der Waals surface area contributed by atoms with Crippen LogP contribution in [0.25, 0.3) is 22.5 Å². The van der Waals surface area contributed by atoms with E-state index in [2.05, 4.69) is 36.0 Å². The lowest BCUT2D eigenvalue weighted by atomic mass is 9.76. The Kier molecular flexibility index (Phi) is 19.6. The number of carbonyl (C=O) groups is 3. The number of methoxy groups -OCH3 is 3. The van der Waals surface area contributed by atoms with Crippen molar-refractivity contribution in [1.29, 1.82) is 0 Å². The molecular formula is C57H66N10O13S2. The van der Waals surface area contributed by atoms with Gasteiger partial charge in [-0.15, -0.1) is 10.2 Å². The molecule has 7 rings (SSSR count). The largest absolute Gasteiger partial charge is 0.497 e. The zero-order valence-corrected chi connectivity index (χ0v) is 48.1. The Balaban J connectivity index is 1.55. The fourth-order valence-electron chi connectivity index (χ4n) is 9.03. The number of anilines is 1. The van der Waals surface area contributed by atoms with E-state index in [0.717, 1.165) is 15.9 Å². The van der Waals surface area contributed by atoms with Crippen molar-refractivity contribution in [2.75, 3.05) is 33.2 Å². The first-order chi connectivity index (χ1) is 38.9. The highest BCUT2D eigenvalue weighted by Gasteiger charge is 2.43.